The van der Waals surface area contributed by atoms with Crippen molar-refractivity contribution in [2.24, 2.45) is 0 Å². The summed E-state index contributed by atoms with van der Waals surface area (Å²) in [7, 11) is 0. The second-order valence-corrected chi connectivity index (χ2v) is 10.6. The van der Waals surface area contributed by atoms with Crippen molar-refractivity contribution in [2.45, 2.75) is 33.0 Å². The number of hydrogen-bond acceptors (Lipinski definition) is 8. The molecule has 10 nitrogen and oxygen atoms in total. The third-order valence-electron chi connectivity index (χ3n) is 5.75. The van der Waals surface area contributed by atoms with Crippen LogP contribution in [0.3, 0.4) is 0 Å². The van der Waals surface area contributed by atoms with Gasteiger partial charge in [-0.05, 0) is 38.5 Å². The average Bonchev–Trinajstić information content (AvgIpc) is 2.92. The number of alkyl carbamates (subject to hydrolysis) is 1. The van der Waals surface area contributed by atoms with Gasteiger partial charge in [-0.25, -0.2) is 9.59 Å². The van der Waals surface area contributed by atoms with Gasteiger partial charge in [0, 0.05) is 49.5 Å². The molecule has 0 aliphatic carbocycles. The first kappa shape index (κ1) is 31.3. The Kier molecular flexibility index (Phi) is 12.6. The normalized spacial score (nSPS) is 13.6. The van der Waals surface area contributed by atoms with Crippen LogP contribution in [0.4, 0.5) is 15.3 Å². The fourth-order valence-electron chi connectivity index (χ4n) is 3.83. The summed E-state index contributed by atoms with van der Waals surface area (Å²) in [5, 5.41) is 3.22. The number of nitrogens with one attached hydrogen (secondary N) is 1. The molecule has 1 saturated heterocycles. The Morgan fingerprint density at radius 2 is 1.57 bits per heavy atom. The van der Waals surface area contributed by atoms with Crippen LogP contribution in [0.5, 0.6) is 5.75 Å². The first-order valence-electron chi connectivity index (χ1n) is 13.5. The first-order valence-corrected chi connectivity index (χ1v) is 13.8. The van der Waals surface area contributed by atoms with Crippen molar-refractivity contribution in [3.63, 3.8) is 0 Å². The van der Waals surface area contributed by atoms with Gasteiger partial charge in [0.15, 0.2) is 0 Å². The summed E-state index contributed by atoms with van der Waals surface area (Å²) < 4.78 is 27.5. The highest BCUT2D eigenvalue weighted by Gasteiger charge is 2.26. The topological polar surface area (TPSA) is 98.8 Å². The van der Waals surface area contributed by atoms with Gasteiger partial charge in [-0.3, -0.25) is 0 Å². The highest BCUT2D eigenvalue weighted by atomic mass is 35.5. The van der Waals surface area contributed by atoms with E-state index in [0.717, 1.165) is 11.3 Å². The van der Waals surface area contributed by atoms with Gasteiger partial charge in [0.05, 0.1) is 26.4 Å². The fraction of sp³-hybridized carbons (Fsp3) is 0.517. The second-order valence-electron chi connectivity index (χ2n) is 10.2. The molecule has 0 radical (unpaired) electrons. The van der Waals surface area contributed by atoms with E-state index in [2.05, 4.69) is 10.2 Å². The Hall–Kier alpha value is -3.21. The molecule has 0 unspecified atom stereocenters. The molecular formula is C29H40ClN3O7. The van der Waals surface area contributed by atoms with Crippen LogP contribution in [0.2, 0.25) is 5.02 Å². The largest absolute Gasteiger partial charge is 0.491 e. The average molecular weight is 578 g/mol. The molecule has 1 N–H and O–H groups in total. The van der Waals surface area contributed by atoms with E-state index in [9.17, 15) is 9.59 Å². The zero-order valence-electron chi connectivity index (χ0n) is 23.5. The number of anilines is 1. The SMILES string of the molecule is CC(C)(C)OC(=O)N1CCN(c2cc(Cl)cc(OCCOCCOCCNC(=O)OCc3ccccc3)c2)CC1. The lowest BCUT2D eigenvalue weighted by molar-refractivity contribution is 0.0240. The number of amides is 2. The minimum Gasteiger partial charge on any atom is -0.491 e. The highest BCUT2D eigenvalue weighted by Crippen LogP contribution is 2.28. The molecule has 220 valence electrons. The van der Waals surface area contributed by atoms with Crippen molar-refractivity contribution in [1.29, 1.82) is 0 Å². The molecule has 3 rings (SSSR count). The quantitative estimate of drug-likeness (QED) is 0.341. The van der Waals surface area contributed by atoms with Crippen LogP contribution in [0.1, 0.15) is 26.3 Å². The molecular weight excluding hydrogens is 538 g/mol. The number of nitrogens with zero attached hydrogens (tertiary/aromatic N) is 2. The Balaban J connectivity index is 1.24. The summed E-state index contributed by atoms with van der Waals surface area (Å²) in [4.78, 5) is 27.9. The molecule has 2 aromatic rings. The van der Waals surface area contributed by atoms with Gasteiger partial charge in [-0.2, -0.15) is 0 Å². The monoisotopic (exact) mass is 577 g/mol. The third-order valence-corrected chi connectivity index (χ3v) is 5.97. The van der Waals surface area contributed by atoms with Crippen LogP contribution >= 0.6 is 11.6 Å². The molecule has 0 atom stereocenters. The summed E-state index contributed by atoms with van der Waals surface area (Å²) in [6.07, 6.45) is -0.767. The Bertz CT molecular complexity index is 1060. The number of hydrogen-bond donors (Lipinski definition) is 1. The first-order chi connectivity index (χ1) is 19.2. The molecule has 1 heterocycles. The van der Waals surface area contributed by atoms with E-state index >= 15 is 0 Å². The van der Waals surface area contributed by atoms with E-state index in [1.165, 1.54) is 0 Å². The van der Waals surface area contributed by atoms with Crippen LogP contribution in [0.25, 0.3) is 0 Å². The molecule has 0 spiro atoms. The maximum atomic E-state index is 12.3. The standard InChI is InChI=1S/C29H40ClN3O7/c1-29(2,3)40-28(35)33-12-10-32(11-13-33)25-19-24(30)20-26(21-25)38-18-17-37-16-15-36-14-9-31-27(34)39-22-23-7-5-4-6-8-23/h4-8,19-21H,9-18,22H2,1-3H3,(H,31,34). The van der Waals surface area contributed by atoms with Crippen LogP contribution in [0, 0.1) is 0 Å². The van der Waals surface area contributed by atoms with Gasteiger partial charge in [0.25, 0.3) is 0 Å². The number of carbonyl (C=O) groups is 2. The Labute approximate surface area is 241 Å². The lowest BCUT2D eigenvalue weighted by atomic mass is 10.2. The minimum atomic E-state index is -0.512. The summed E-state index contributed by atoms with van der Waals surface area (Å²) in [5.41, 5.74) is 1.36. The van der Waals surface area contributed by atoms with E-state index < -0.39 is 11.7 Å². The van der Waals surface area contributed by atoms with Gasteiger partial charge >= 0.3 is 12.2 Å². The Morgan fingerprint density at radius 1 is 0.900 bits per heavy atom. The molecule has 1 aliphatic heterocycles. The minimum absolute atomic E-state index is 0.229. The number of ether oxygens (including phenoxy) is 5. The molecule has 2 amide bonds. The van der Waals surface area contributed by atoms with Gasteiger partial charge in [0.1, 0.15) is 24.6 Å². The lowest BCUT2D eigenvalue weighted by Crippen LogP contribution is -2.50. The zero-order chi connectivity index (χ0) is 28.8. The van der Waals surface area contributed by atoms with Gasteiger partial charge in [0.2, 0.25) is 0 Å². The smallest absolute Gasteiger partial charge is 0.410 e. The number of rotatable bonds is 13. The maximum Gasteiger partial charge on any atom is 0.410 e. The van der Waals surface area contributed by atoms with Crippen molar-refractivity contribution in [3.8, 4) is 5.75 Å². The van der Waals surface area contributed by atoms with Crippen LogP contribution in [-0.4, -0.2) is 88.4 Å². The molecule has 1 aliphatic rings. The maximum absolute atomic E-state index is 12.3. The van der Waals surface area contributed by atoms with E-state index in [1.807, 2.05) is 63.2 Å². The van der Waals surface area contributed by atoms with E-state index in [1.54, 1.807) is 11.0 Å². The van der Waals surface area contributed by atoms with E-state index in [0.29, 0.717) is 76.5 Å². The van der Waals surface area contributed by atoms with Crippen LogP contribution in [-0.2, 0) is 25.6 Å². The summed E-state index contributed by atoms with van der Waals surface area (Å²) in [6, 6.07) is 15.1. The van der Waals surface area contributed by atoms with E-state index in [-0.39, 0.29) is 12.7 Å². The van der Waals surface area contributed by atoms with Gasteiger partial charge < -0.3 is 38.8 Å². The predicted molar refractivity (Wildman–Crippen MR) is 153 cm³/mol. The van der Waals surface area contributed by atoms with Gasteiger partial charge in [-0.15, -0.1) is 0 Å². The summed E-state index contributed by atoms with van der Waals surface area (Å²) in [6.45, 7) is 10.6. The molecule has 40 heavy (non-hydrogen) atoms. The number of carbonyl (C=O) groups excluding carboxylic acids is 2. The van der Waals surface area contributed by atoms with Crippen molar-refractivity contribution < 1.29 is 33.3 Å². The molecule has 0 saturated carbocycles. The number of benzene rings is 2. The highest BCUT2D eigenvalue weighted by molar-refractivity contribution is 6.31. The van der Waals surface area contributed by atoms with Crippen molar-refractivity contribution >= 4 is 29.5 Å². The fourth-order valence-corrected chi connectivity index (χ4v) is 4.05. The lowest BCUT2D eigenvalue weighted by Gasteiger charge is -2.36. The molecule has 11 heteroatoms. The van der Waals surface area contributed by atoms with Crippen molar-refractivity contribution in [2.75, 3.05) is 70.7 Å². The third kappa shape index (κ3) is 11.9. The predicted octanol–water partition coefficient (Wildman–Crippen LogP) is 4.74. The van der Waals surface area contributed by atoms with Crippen molar-refractivity contribution in [1.82, 2.24) is 10.2 Å². The van der Waals surface area contributed by atoms with E-state index in [4.69, 9.17) is 35.3 Å². The van der Waals surface area contributed by atoms with Crippen LogP contribution in [0.15, 0.2) is 48.5 Å². The van der Waals surface area contributed by atoms with Crippen molar-refractivity contribution in [3.05, 3.63) is 59.1 Å². The molecule has 0 aromatic heterocycles. The van der Waals surface area contributed by atoms with Crippen LogP contribution < -0.4 is 15.0 Å². The molecule has 1 fully saturated rings. The molecule has 2 aromatic carbocycles. The van der Waals surface area contributed by atoms with Gasteiger partial charge in [-0.1, -0.05) is 41.9 Å². The number of piperazine rings is 1. The second kappa shape index (κ2) is 16.2. The Morgan fingerprint density at radius 3 is 2.27 bits per heavy atom. The summed E-state index contributed by atoms with van der Waals surface area (Å²) >= 11 is 6.34. The number of halogens is 1. The molecule has 0 bridgehead atoms. The zero-order valence-corrected chi connectivity index (χ0v) is 24.3. The summed E-state index contributed by atoms with van der Waals surface area (Å²) in [5.74, 6) is 0.655.